The van der Waals surface area contributed by atoms with Crippen molar-refractivity contribution in [3.05, 3.63) is 71.0 Å². The highest BCUT2D eigenvalue weighted by Gasteiger charge is 2.07. The molecule has 122 valence electrons. The van der Waals surface area contributed by atoms with Crippen LogP contribution in [0.3, 0.4) is 0 Å². The van der Waals surface area contributed by atoms with Gasteiger partial charge in [-0.2, -0.15) is 0 Å². The molecule has 0 saturated carbocycles. The van der Waals surface area contributed by atoms with E-state index < -0.39 is 0 Å². The molecule has 0 atom stereocenters. The van der Waals surface area contributed by atoms with Crippen molar-refractivity contribution in [2.45, 2.75) is 39.5 Å². The molecule has 0 fully saturated rings. The maximum absolute atomic E-state index is 13.1. The third kappa shape index (κ3) is 5.83. The zero-order valence-corrected chi connectivity index (χ0v) is 13.5. The van der Waals surface area contributed by atoms with Crippen molar-refractivity contribution in [3.8, 4) is 0 Å². The third-order valence-corrected chi connectivity index (χ3v) is 3.42. The van der Waals surface area contributed by atoms with E-state index in [1.807, 2.05) is 38.1 Å². The molecule has 1 amide bonds. The molecule has 2 rings (SSSR count). The summed E-state index contributed by atoms with van der Waals surface area (Å²) in [6.07, 6.45) is 0.327. The summed E-state index contributed by atoms with van der Waals surface area (Å²) in [7, 11) is 0. The van der Waals surface area contributed by atoms with Crippen LogP contribution in [0.2, 0.25) is 0 Å². The second kappa shape index (κ2) is 8.44. The van der Waals surface area contributed by atoms with Gasteiger partial charge in [-0.05, 0) is 42.7 Å². The molecule has 4 heteroatoms. The molecule has 0 aliphatic rings. The standard InChI is InChI=1S/C19H22FNO2/c1-14(2)23-13-17-8-4-3-7-16(17)12-21-19(22)11-15-6-5-9-18(20)10-15/h3-10,14H,11-13H2,1-2H3,(H,21,22). The van der Waals surface area contributed by atoms with Gasteiger partial charge in [-0.1, -0.05) is 36.4 Å². The summed E-state index contributed by atoms with van der Waals surface area (Å²) in [6.45, 7) is 4.94. The second-order valence-electron chi connectivity index (χ2n) is 5.71. The van der Waals surface area contributed by atoms with E-state index in [0.29, 0.717) is 18.7 Å². The topological polar surface area (TPSA) is 38.3 Å². The van der Waals surface area contributed by atoms with E-state index in [0.717, 1.165) is 11.1 Å². The summed E-state index contributed by atoms with van der Waals surface area (Å²) in [4.78, 5) is 12.0. The lowest BCUT2D eigenvalue weighted by molar-refractivity contribution is -0.120. The van der Waals surface area contributed by atoms with Crippen LogP contribution in [-0.4, -0.2) is 12.0 Å². The number of nitrogens with one attached hydrogen (secondary N) is 1. The van der Waals surface area contributed by atoms with E-state index in [4.69, 9.17) is 4.74 Å². The highest BCUT2D eigenvalue weighted by molar-refractivity contribution is 5.78. The fraction of sp³-hybridized carbons (Fsp3) is 0.316. The predicted molar refractivity (Wildman–Crippen MR) is 88.3 cm³/mol. The molecule has 2 aromatic rings. The van der Waals surface area contributed by atoms with Crippen LogP contribution in [0.15, 0.2) is 48.5 Å². The zero-order valence-electron chi connectivity index (χ0n) is 13.5. The first kappa shape index (κ1) is 17.2. The van der Waals surface area contributed by atoms with Gasteiger partial charge in [0.1, 0.15) is 5.82 Å². The van der Waals surface area contributed by atoms with Gasteiger partial charge in [-0.25, -0.2) is 4.39 Å². The molecule has 0 spiro atoms. The summed E-state index contributed by atoms with van der Waals surface area (Å²) in [5.41, 5.74) is 2.76. The Labute approximate surface area is 136 Å². The van der Waals surface area contributed by atoms with Crippen LogP contribution >= 0.6 is 0 Å². The molecule has 2 aromatic carbocycles. The number of ether oxygens (including phenoxy) is 1. The van der Waals surface area contributed by atoms with Gasteiger partial charge in [-0.3, -0.25) is 4.79 Å². The summed E-state index contributed by atoms with van der Waals surface area (Å²) >= 11 is 0. The maximum Gasteiger partial charge on any atom is 0.224 e. The molecule has 3 nitrogen and oxygen atoms in total. The lowest BCUT2D eigenvalue weighted by Gasteiger charge is -2.13. The molecule has 0 bridgehead atoms. The monoisotopic (exact) mass is 315 g/mol. The third-order valence-electron chi connectivity index (χ3n) is 3.42. The van der Waals surface area contributed by atoms with Gasteiger partial charge < -0.3 is 10.1 Å². The van der Waals surface area contributed by atoms with Crippen LogP contribution in [0.1, 0.15) is 30.5 Å². The fourth-order valence-corrected chi connectivity index (χ4v) is 2.22. The van der Waals surface area contributed by atoms with Crippen LogP contribution in [0.25, 0.3) is 0 Å². The average Bonchev–Trinajstić information content (AvgIpc) is 2.51. The highest BCUT2D eigenvalue weighted by Crippen LogP contribution is 2.11. The number of benzene rings is 2. The molecule has 0 aromatic heterocycles. The number of amides is 1. The Bertz CT molecular complexity index is 655. The SMILES string of the molecule is CC(C)OCc1ccccc1CNC(=O)Cc1cccc(F)c1. The lowest BCUT2D eigenvalue weighted by Crippen LogP contribution is -2.25. The molecule has 0 aliphatic carbocycles. The lowest BCUT2D eigenvalue weighted by atomic mass is 10.1. The fourth-order valence-electron chi connectivity index (χ4n) is 2.22. The number of hydrogen-bond acceptors (Lipinski definition) is 2. The van der Waals surface area contributed by atoms with Crippen LogP contribution in [-0.2, 0) is 29.1 Å². The van der Waals surface area contributed by atoms with Gasteiger partial charge >= 0.3 is 0 Å². The number of carbonyl (C=O) groups excluding carboxylic acids is 1. The Balaban J connectivity index is 1.91. The van der Waals surface area contributed by atoms with E-state index in [1.54, 1.807) is 12.1 Å². The molecule has 0 heterocycles. The number of rotatable bonds is 7. The van der Waals surface area contributed by atoms with Crippen LogP contribution < -0.4 is 5.32 Å². The van der Waals surface area contributed by atoms with E-state index in [2.05, 4.69) is 5.32 Å². The molecule has 0 unspecified atom stereocenters. The van der Waals surface area contributed by atoms with Gasteiger partial charge in [0.15, 0.2) is 0 Å². The second-order valence-corrected chi connectivity index (χ2v) is 5.71. The van der Waals surface area contributed by atoms with Crippen molar-refractivity contribution in [3.63, 3.8) is 0 Å². The minimum atomic E-state index is -0.327. The van der Waals surface area contributed by atoms with Crippen molar-refractivity contribution in [1.82, 2.24) is 5.32 Å². The van der Waals surface area contributed by atoms with Gasteiger partial charge in [0.25, 0.3) is 0 Å². The van der Waals surface area contributed by atoms with Crippen LogP contribution in [0.4, 0.5) is 4.39 Å². The molecule has 0 saturated heterocycles. The number of carbonyl (C=O) groups is 1. The van der Waals surface area contributed by atoms with E-state index in [1.165, 1.54) is 12.1 Å². The Morgan fingerprint density at radius 1 is 1.13 bits per heavy atom. The normalized spacial score (nSPS) is 10.8. The Hall–Kier alpha value is -2.20. The van der Waals surface area contributed by atoms with Gasteiger partial charge in [0.05, 0.1) is 19.1 Å². The molecule has 1 N–H and O–H groups in total. The van der Waals surface area contributed by atoms with Crippen LogP contribution in [0.5, 0.6) is 0 Å². The Morgan fingerprint density at radius 2 is 1.87 bits per heavy atom. The first-order valence-electron chi connectivity index (χ1n) is 7.74. The first-order chi connectivity index (χ1) is 11.0. The van der Waals surface area contributed by atoms with Crippen molar-refractivity contribution in [2.24, 2.45) is 0 Å². The Kier molecular flexibility index (Phi) is 6.29. The van der Waals surface area contributed by atoms with Crippen molar-refractivity contribution in [1.29, 1.82) is 0 Å². The van der Waals surface area contributed by atoms with Gasteiger partial charge in [0, 0.05) is 6.54 Å². The Morgan fingerprint density at radius 3 is 2.57 bits per heavy atom. The zero-order chi connectivity index (χ0) is 16.7. The molecule has 0 radical (unpaired) electrons. The summed E-state index contributed by atoms with van der Waals surface area (Å²) in [5.74, 6) is -0.457. The van der Waals surface area contributed by atoms with E-state index >= 15 is 0 Å². The average molecular weight is 315 g/mol. The highest BCUT2D eigenvalue weighted by atomic mass is 19.1. The van der Waals surface area contributed by atoms with E-state index in [-0.39, 0.29) is 24.2 Å². The predicted octanol–water partition coefficient (Wildman–Crippen LogP) is 3.61. The van der Waals surface area contributed by atoms with Crippen molar-refractivity contribution < 1.29 is 13.9 Å². The maximum atomic E-state index is 13.1. The number of hydrogen-bond donors (Lipinski definition) is 1. The number of halogens is 1. The summed E-state index contributed by atoms with van der Waals surface area (Å²) in [5, 5.41) is 2.88. The quantitative estimate of drug-likeness (QED) is 0.847. The summed E-state index contributed by atoms with van der Waals surface area (Å²) < 4.78 is 18.8. The minimum Gasteiger partial charge on any atom is -0.374 e. The largest absolute Gasteiger partial charge is 0.374 e. The van der Waals surface area contributed by atoms with Gasteiger partial charge in [0.2, 0.25) is 5.91 Å². The van der Waals surface area contributed by atoms with Gasteiger partial charge in [-0.15, -0.1) is 0 Å². The molecular formula is C19H22FNO2. The molecule has 23 heavy (non-hydrogen) atoms. The van der Waals surface area contributed by atoms with Crippen molar-refractivity contribution >= 4 is 5.91 Å². The smallest absolute Gasteiger partial charge is 0.224 e. The first-order valence-corrected chi connectivity index (χ1v) is 7.74. The molecular weight excluding hydrogens is 293 g/mol. The van der Waals surface area contributed by atoms with E-state index in [9.17, 15) is 9.18 Å². The minimum absolute atomic E-state index is 0.129. The van der Waals surface area contributed by atoms with Crippen molar-refractivity contribution in [2.75, 3.05) is 0 Å². The summed E-state index contributed by atoms with van der Waals surface area (Å²) in [6, 6.07) is 14.0. The van der Waals surface area contributed by atoms with Crippen LogP contribution in [0, 0.1) is 5.82 Å². The molecule has 0 aliphatic heterocycles.